The lowest BCUT2D eigenvalue weighted by Gasteiger charge is -2.17. The molecule has 1 aliphatic carbocycles. The van der Waals surface area contributed by atoms with E-state index >= 15 is 0 Å². The van der Waals surface area contributed by atoms with Crippen molar-refractivity contribution in [2.45, 2.75) is 24.8 Å². The van der Waals surface area contributed by atoms with Crippen molar-refractivity contribution >= 4 is 29.1 Å². The number of amides is 2. The summed E-state index contributed by atoms with van der Waals surface area (Å²) in [5.74, 6) is -0.400. The number of rotatable bonds is 6. The second kappa shape index (κ2) is 9.29. The molecule has 0 fully saturated rings. The molecule has 0 aliphatic heterocycles. The Morgan fingerprint density at radius 3 is 2.58 bits per heavy atom. The van der Waals surface area contributed by atoms with Gasteiger partial charge in [-0.25, -0.2) is 0 Å². The topological polar surface area (TPSA) is 97.1 Å². The maximum atomic E-state index is 12.7. The molecule has 2 unspecified atom stereocenters. The number of carbonyl (C=O) groups is 2. The average molecular weight is 435 g/mol. The molecule has 1 heterocycles. The fourth-order valence-corrected chi connectivity index (χ4v) is 4.02. The molecule has 2 amide bonds. The van der Waals surface area contributed by atoms with E-state index in [1.54, 1.807) is 36.7 Å². The standard InChI is InChI=1S/C24H23ClN4O2/c25-18-6-8-20-17(13-18)5-7-21(20)24(31)28-14-22(26)15-1-3-16(4-2-15)23(30)29-19-9-11-27-12-10-19/h1-4,6,8-13,21-22H,5,7,14,26H2,(H,28,31)(H,27,29,30). The highest BCUT2D eigenvalue weighted by Crippen LogP contribution is 2.34. The summed E-state index contributed by atoms with van der Waals surface area (Å²) >= 11 is 6.05. The van der Waals surface area contributed by atoms with Gasteiger partial charge in [-0.1, -0.05) is 29.8 Å². The minimum Gasteiger partial charge on any atom is -0.354 e. The van der Waals surface area contributed by atoms with E-state index in [9.17, 15) is 9.59 Å². The number of hydrogen-bond acceptors (Lipinski definition) is 4. The summed E-state index contributed by atoms with van der Waals surface area (Å²) in [5.41, 5.74) is 10.5. The Kier molecular flexibility index (Phi) is 6.30. The van der Waals surface area contributed by atoms with E-state index in [4.69, 9.17) is 17.3 Å². The first-order valence-electron chi connectivity index (χ1n) is 10.1. The van der Waals surface area contributed by atoms with E-state index in [1.165, 1.54) is 0 Å². The highest BCUT2D eigenvalue weighted by Gasteiger charge is 2.28. The molecule has 0 radical (unpaired) electrons. The molecule has 1 aromatic heterocycles. The molecule has 0 bridgehead atoms. The number of anilines is 1. The average Bonchev–Trinajstić information content (AvgIpc) is 3.21. The molecule has 158 valence electrons. The second-order valence-corrected chi connectivity index (χ2v) is 8.03. The van der Waals surface area contributed by atoms with E-state index < -0.39 is 0 Å². The van der Waals surface area contributed by atoms with Gasteiger partial charge < -0.3 is 16.4 Å². The highest BCUT2D eigenvalue weighted by molar-refractivity contribution is 6.30. The molecule has 2 atom stereocenters. The van der Waals surface area contributed by atoms with Crippen molar-refractivity contribution in [2.75, 3.05) is 11.9 Å². The Balaban J connectivity index is 1.32. The van der Waals surface area contributed by atoms with Crippen molar-refractivity contribution in [3.8, 4) is 0 Å². The predicted octanol–water partition coefficient (Wildman–Crippen LogP) is 3.83. The number of aromatic nitrogens is 1. The summed E-state index contributed by atoms with van der Waals surface area (Å²) in [6.45, 7) is 0.320. The molecule has 6 nitrogen and oxygen atoms in total. The smallest absolute Gasteiger partial charge is 0.255 e. The molecule has 31 heavy (non-hydrogen) atoms. The van der Waals surface area contributed by atoms with Crippen molar-refractivity contribution < 1.29 is 9.59 Å². The van der Waals surface area contributed by atoms with Gasteiger partial charge in [-0.3, -0.25) is 14.6 Å². The summed E-state index contributed by atoms with van der Waals surface area (Å²) in [6, 6.07) is 15.8. The number of nitrogens with two attached hydrogens (primary N) is 1. The molecule has 7 heteroatoms. The van der Waals surface area contributed by atoms with Gasteiger partial charge in [0, 0.05) is 41.3 Å². The monoisotopic (exact) mass is 434 g/mol. The Labute approximate surface area is 185 Å². The van der Waals surface area contributed by atoms with Crippen molar-refractivity contribution in [1.82, 2.24) is 10.3 Å². The molecule has 4 rings (SSSR count). The van der Waals surface area contributed by atoms with E-state index in [0.29, 0.717) is 22.8 Å². The Morgan fingerprint density at radius 2 is 1.84 bits per heavy atom. The summed E-state index contributed by atoms with van der Waals surface area (Å²) < 4.78 is 0. The van der Waals surface area contributed by atoms with Crippen LogP contribution in [-0.2, 0) is 11.2 Å². The number of hydrogen-bond donors (Lipinski definition) is 3. The van der Waals surface area contributed by atoms with Gasteiger partial charge in [-0.2, -0.15) is 0 Å². The van der Waals surface area contributed by atoms with Crippen LogP contribution in [0.4, 0.5) is 5.69 Å². The lowest BCUT2D eigenvalue weighted by molar-refractivity contribution is -0.122. The van der Waals surface area contributed by atoms with Crippen LogP contribution >= 0.6 is 11.6 Å². The van der Waals surface area contributed by atoms with Crippen LogP contribution in [-0.4, -0.2) is 23.3 Å². The van der Waals surface area contributed by atoms with E-state index in [2.05, 4.69) is 15.6 Å². The van der Waals surface area contributed by atoms with Crippen molar-refractivity contribution in [2.24, 2.45) is 5.73 Å². The molecule has 3 aromatic rings. The Morgan fingerprint density at radius 1 is 1.10 bits per heavy atom. The zero-order valence-electron chi connectivity index (χ0n) is 16.8. The molecule has 0 saturated heterocycles. The van der Waals surface area contributed by atoms with Gasteiger partial charge in [0.25, 0.3) is 5.91 Å². The van der Waals surface area contributed by atoms with Gasteiger partial charge in [-0.05, 0) is 65.9 Å². The van der Waals surface area contributed by atoms with Gasteiger partial charge in [0.05, 0.1) is 5.92 Å². The minimum atomic E-state index is -0.368. The van der Waals surface area contributed by atoms with Gasteiger partial charge >= 0.3 is 0 Å². The first-order chi connectivity index (χ1) is 15.0. The van der Waals surface area contributed by atoms with Gasteiger partial charge in [0.15, 0.2) is 0 Å². The Hall–Kier alpha value is -3.22. The largest absolute Gasteiger partial charge is 0.354 e. The van der Waals surface area contributed by atoms with Gasteiger partial charge in [-0.15, -0.1) is 0 Å². The van der Waals surface area contributed by atoms with Crippen molar-refractivity contribution in [3.63, 3.8) is 0 Å². The van der Waals surface area contributed by atoms with E-state index in [1.807, 2.05) is 30.3 Å². The molecule has 0 spiro atoms. The molecule has 2 aromatic carbocycles. The minimum absolute atomic E-state index is 0.0233. The summed E-state index contributed by atoms with van der Waals surface area (Å²) in [7, 11) is 0. The van der Waals surface area contributed by atoms with Crippen molar-refractivity contribution in [1.29, 1.82) is 0 Å². The first kappa shape index (κ1) is 21.0. The predicted molar refractivity (Wildman–Crippen MR) is 121 cm³/mol. The number of nitrogens with zero attached hydrogens (tertiary/aromatic N) is 1. The lowest BCUT2D eigenvalue weighted by atomic mass is 10.00. The molecular weight excluding hydrogens is 412 g/mol. The highest BCUT2D eigenvalue weighted by atomic mass is 35.5. The van der Waals surface area contributed by atoms with Crippen LogP contribution in [0.25, 0.3) is 0 Å². The quantitative estimate of drug-likeness (QED) is 0.549. The third kappa shape index (κ3) is 4.93. The van der Waals surface area contributed by atoms with Crippen LogP contribution in [0.3, 0.4) is 0 Å². The zero-order valence-corrected chi connectivity index (χ0v) is 17.6. The third-order valence-corrected chi connectivity index (χ3v) is 5.77. The number of carbonyl (C=O) groups excluding carboxylic acids is 2. The zero-order chi connectivity index (χ0) is 21.8. The normalized spacial score (nSPS) is 15.7. The van der Waals surface area contributed by atoms with Crippen LogP contribution in [0.2, 0.25) is 5.02 Å². The number of benzene rings is 2. The SMILES string of the molecule is NC(CNC(=O)C1CCc2cc(Cl)ccc21)c1ccc(C(=O)Nc2ccncc2)cc1. The fourth-order valence-electron chi connectivity index (χ4n) is 3.83. The summed E-state index contributed by atoms with van der Waals surface area (Å²) in [5, 5.41) is 6.47. The summed E-state index contributed by atoms with van der Waals surface area (Å²) in [6.07, 6.45) is 4.86. The van der Waals surface area contributed by atoms with Gasteiger partial charge in [0.1, 0.15) is 0 Å². The van der Waals surface area contributed by atoms with Crippen LogP contribution in [0.5, 0.6) is 0 Å². The first-order valence-corrected chi connectivity index (χ1v) is 10.5. The number of nitrogens with one attached hydrogen (secondary N) is 2. The van der Waals surface area contributed by atoms with Crippen LogP contribution < -0.4 is 16.4 Å². The van der Waals surface area contributed by atoms with Crippen LogP contribution in [0.1, 0.15) is 45.4 Å². The van der Waals surface area contributed by atoms with Crippen LogP contribution in [0.15, 0.2) is 67.0 Å². The molecule has 1 aliphatic rings. The number of pyridine rings is 1. The second-order valence-electron chi connectivity index (χ2n) is 7.60. The van der Waals surface area contributed by atoms with E-state index in [-0.39, 0.29) is 23.8 Å². The number of fused-ring (bicyclic) bond motifs is 1. The molecule has 4 N–H and O–H groups in total. The fraction of sp³-hybridized carbons (Fsp3) is 0.208. The van der Waals surface area contributed by atoms with Gasteiger partial charge in [0.2, 0.25) is 5.91 Å². The third-order valence-electron chi connectivity index (χ3n) is 5.53. The van der Waals surface area contributed by atoms with Crippen molar-refractivity contribution in [3.05, 3.63) is 94.3 Å². The Bertz CT molecular complexity index is 1090. The number of aryl methyl sites for hydroxylation is 1. The number of halogens is 1. The maximum absolute atomic E-state index is 12.7. The maximum Gasteiger partial charge on any atom is 0.255 e. The van der Waals surface area contributed by atoms with E-state index in [0.717, 1.165) is 29.5 Å². The van der Waals surface area contributed by atoms with Crippen LogP contribution in [0, 0.1) is 0 Å². The lowest BCUT2D eigenvalue weighted by Crippen LogP contribution is -2.34. The summed E-state index contributed by atoms with van der Waals surface area (Å²) in [4.78, 5) is 29.0. The molecule has 0 saturated carbocycles. The molecular formula is C24H23ClN4O2.